The maximum absolute atomic E-state index is 15.0. The zero-order chi connectivity index (χ0) is 22.5. The van der Waals surface area contributed by atoms with Crippen LogP contribution in [0, 0.1) is 5.41 Å². The Balaban J connectivity index is 1.44. The highest BCUT2D eigenvalue weighted by atomic mass is 35.5. The minimum atomic E-state index is -3.51. The van der Waals surface area contributed by atoms with Crippen LogP contribution in [0.2, 0.25) is 5.02 Å². The van der Waals surface area contributed by atoms with Gasteiger partial charge in [-0.3, -0.25) is 14.6 Å². The number of hydrogen-bond donors (Lipinski definition) is 0. The van der Waals surface area contributed by atoms with Crippen molar-refractivity contribution >= 4 is 35.3 Å². The summed E-state index contributed by atoms with van der Waals surface area (Å²) in [5.41, 5.74) is 0.716. The van der Waals surface area contributed by atoms with Crippen molar-refractivity contribution < 1.29 is 22.8 Å². The van der Waals surface area contributed by atoms with Gasteiger partial charge in [0.2, 0.25) is 12.3 Å². The van der Waals surface area contributed by atoms with Gasteiger partial charge in [0.25, 0.3) is 11.8 Å². The molecule has 2 aromatic heterocycles. The minimum absolute atomic E-state index is 0.0267. The summed E-state index contributed by atoms with van der Waals surface area (Å²) < 4.78 is 35.4. The fourth-order valence-electron chi connectivity index (χ4n) is 4.38. The van der Waals surface area contributed by atoms with Gasteiger partial charge in [0.15, 0.2) is 0 Å². The number of hydrogen-bond acceptors (Lipinski definition) is 7. The molecule has 12 heteroatoms. The lowest BCUT2D eigenvalue weighted by atomic mass is 9.72. The summed E-state index contributed by atoms with van der Waals surface area (Å²) in [6, 6.07) is 5.12. The zero-order valence-electron chi connectivity index (χ0n) is 16.5. The first-order valence-electron chi connectivity index (χ1n) is 9.67. The number of rotatable bonds is 5. The number of thiazole rings is 1. The van der Waals surface area contributed by atoms with Crippen LogP contribution in [0.25, 0.3) is 0 Å². The maximum Gasteiger partial charge on any atom is 0.349 e. The summed E-state index contributed by atoms with van der Waals surface area (Å²) in [5, 5.41) is 7.87. The highest BCUT2D eigenvalue weighted by Crippen LogP contribution is 2.49. The summed E-state index contributed by atoms with van der Waals surface area (Å²) >= 11 is 7.01. The van der Waals surface area contributed by atoms with E-state index in [9.17, 15) is 18.4 Å². The molecular weight excluding hydrogens is 464 g/mol. The number of benzene rings is 1. The van der Waals surface area contributed by atoms with Crippen molar-refractivity contribution in [1.82, 2.24) is 25.0 Å². The fourth-order valence-corrected chi connectivity index (χ4v) is 5.10. The smallest absolute Gasteiger partial charge is 0.349 e. The zero-order valence-corrected chi connectivity index (χ0v) is 18.0. The lowest BCUT2D eigenvalue weighted by Crippen LogP contribution is -2.59. The van der Waals surface area contributed by atoms with Gasteiger partial charge in [0.05, 0.1) is 17.6 Å². The van der Waals surface area contributed by atoms with Crippen molar-refractivity contribution in [2.45, 2.75) is 11.8 Å². The van der Waals surface area contributed by atoms with Crippen LogP contribution in [-0.4, -0.2) is 63.5 Å². The lowest BCUT2D eigenvalue weighted by Gasteiger charge is -2.48. The van der Waals surface area contributed by atoms with E-state index >= 15 is 0 Å². The van der Waals surface area contributed by atoms with Crippen molar-refractivity contribution in [3.63, 3.8) is 0 Å². The van der Waals surface area contributed by atoms with E-state index in [-0.39, 0.29) is 23.9 Å². The van der Waals surface area contributed by atoms with Crippen molar-refractivity contribution in [2.24, 2.45) is 5.41 Å². The Bertz CT molecular complexity index is 1150. The topological polar surface area (TPSA) is 92.4 Å². The van der Waals surface area contributed by atoms with Gasteiger partial charge >= 0.3 is 5.92 Å². The van der Waals surface area contributed by atoms with E-state index in [1.54, 1.807) is 15.3 Å². The fraction of sp³-hybridized carbons (Fsp3) is 0.350. The molecule has 2 aliphatic heterocycles. The first-order valence-corrected chi connectivity index (χ1v) is 10.9. The van der Waals surface area contributed by atoms with Gasteiger partial charge < -0.3 is 14.2 Å². The number of halogens is 3. The number of carbonyl (C=O) groups is 2. The molecule has 0 N–H and O–H groups in total. The van der Waals surface area contributed by atoms with Crippen LogP contribution < -0.4 is 0 Å². The van der Waals surface area contributed by atoms with Crippen molar-refractivity contribution in [2.75, 3.05) is 26.2 Å². The second-order valence-electron chi connectivity index (χ2n) is 8.00. The predicted octanol–water partition coefficient (Wildman–Crippen LogP) is 3.02. The Labute approximate surface area is 189 Å². The van der Waals surface area contributed by atoms with E-state index < -0.39 is 23.1 Å². The summed E-state index contributed by atoms with van der Waals surface area (Å²) in [6.45, 7) is 1.32. The second kappa shape index (κ2) is 7.59. The molecule has 8 nitrogen and oxygen atoms in total. The van der Waals surface area contributed by atoms with Crippen molar-refractivity contribution in [3.8, 4) is 0 Å². The average molecular weight is 480 g/mol. The number of alkyl halides is 2. The quantitative estimate of drug-likeness (QED) is 0.522. The van der Waals surface area contributed by atoms with Gasteiger partial charge in [-0.1, -0.05) is 23.7 Å². The molecule has 0 saturated carbocycles. The number of nitrogens with zero attached hydrogens (tertiary/aromatic N) is 5. The number of aromatic nitrogens is 3. The van der Waals surface area contributed by atoms with E-state index in [1.807, 2.05) is 0 Å². The van der Waals surface area contributed by atoms with Crippen LogP contribution in [-0.2, 0) is 10.7 Å². The largest absolute Gasteiger partial charge is 0.419 e. The summed E-state index contributed by atoms with van der Waals surface area (Å²) in [6.07, 6.45) is 2.22. The summed E-state index contributed by atoms with van der Waals surface area (Å²) in [5.74, 6) is -4.99. The molecule has 4 heterocycles. The van der Waals surface area contributed by atoms with Crippen LogP contribution >= 0.6 is 22.9 Å². The molecular formula is C20H16ClF2N5O3S. The molecule has 0 aliphatic carbocycles. The Morgan fingerprint density at radius 1 is 1.25 bits per heavy atom. The van der Waals surface area contributed by atoms with E-state index in [0.29, 0.717) is 29.5 Å². The Morgan fingerprint density at radius 2 is 2.00 bits per heavy atom. The SMILES string of the molecule is O=CN1CC2(C1)CN(C(=O)c1cncs1)CC2c1nnc(C(F)(F)c2ccc(Cl)cc2)o1. The molecule has 0 radical (unpaired) electrons. The average Bonchev–Trinajstić information content (AvgIpc) is 3.51. The Kier molecular flexibility index (Phi) is 4.97. The third kappa shape index (κ3) is 3.36. The van der Waals surface area contributed by atoms with E-state index in [2.05, 4.69) is 15.2 Å². The number of likely N-dealkylation sites (tertiary alicyclic amines) is 2. The first-order chi connectivity index (χ1) is 15.3. The molecule has 2 amide bonds. The van der Waals surface area contributed by atoms with Crippen molar-refractivity contribution in [1.29, 1.82) is 0 Å². The van der Waals surface area contributed by atoms with Crippen molar-refractivity contribution in [3.05, 3.63) is 63.2 Å². The standard InChI is InChI=1S/C20H16ClF2N5O3S/c21-13-3-1-12(2-4-13)20(22,23)18-26-25-16(31-18)14-6-28(17(30)15-5-24-10-32-15)9-19(14)7-27(8-19)11-29/h1-5,10-11,14H,6-9H2. The third-order valence-corrected chi connectivity index (χ3v) is 6.99. The molecule has 32 heavy (non-hydrogen) atoms. The van der Waals surface area contributed by atoms with Gasteiger partial charge in [-0.25, -0.2) is 0 Å². The lowest BCUT2D eigenvalue weighted by molar-refractivity contribution is -0.129. The normalized spacial score (nSPS) is 19.9. The molecule has 1 spiro atoms. The molecule has 166 valence electrons. The van der Waals surface area contributed by atoms with Crippen LogP contribution in [0.1, 0.15) is 32.9 Å². The first kappa shape index (κ1) is 21.0. The van der Waals surface area contributed by atoms with Crippen LogP contribution in [0.3, 0.4) is 0 Å². The van der Waals surface area contributed by atoms with Crippen LogP contribution in [0.15, 0.2) is 40.4 Å². The monoisotopic (exact) mass is 479 g/mol. The third-order valence-electron chi connectivity index (χ3n) is 5.98. The molecule has 1 atom stereocenters. The molecule has 3 aromatic rings. The summed E-state index contributed by atoms with van der Waals surface area (Å²) in [4.78, 5) is 31.6. The highest BCUT2D eigenvalue weighted by molar-refractivity contribution is 7.11. The minimum Gasteiger partial charge on any atom is -0.419 e. The predicted molar refractivity (Wildman–Crippen MR) is 110 cm³/mol. The van der Waals surface area contributed by atoms with Gasteiger partial charge in [0, 0.05) is 42.2 Å². The van der Waals surface area contributed by atoms with Gasteiger partial charge in [-0.05, 0) is 12.1 Å². The molecule has 1 aromatic carbocycles. The Morgan fingerprint density at radius 3 is 2.66 bits per heavy atom. The molecule has 2 saturated heterocycles. The number of carbonyl (C=O) groups excluding carboxylic acids is 2. The molecule has 1 unspecified atom stereocenters. The second-order valence-corrected chi connectivity index (χ2v) is 9.33. The Hall–Kier alpha value is -2.92. The molecule has 0 bridgehead atoms. The highest BCUT2D eigenvalue weighted by Gasteiger charge is 2.58. The maximum atomic E-state index is 15.0. The van der Waals surface area contributed by atoms with Gasteiger partial charge in [-0.15, -0.1) is 21.5 Å². The molecule has 2 fully saturated rings. The van der Waals surface area contributed by atoms with E-state index in [1.165, 1.54) is 41.8 Å². The number of amides is 2. The van der Waals surface area contributed by atoms with E-state index in [0.717, 1.165) is 6.41 Å². The van der Waals surface area contributed by atoms with Crippen LogP contribution in [0.5, 0.6) is 0 Å². The van der Waals surface area contributed by atoms with E-state index in [4.69, 9.17) is 16.0 Å². The van der Waals surface area contributed by atoms with Gasteiger partial charge in [0.1, 0.15) is 4.88 Å². The van der Waals surface area contributed by atoms with Gasteiger partial charge in [-0.2, -0.15) is 8.78 Å². The van der Waals surface area contributed by atoms with Crippen LogP contribution in [0.4, 0.5) is 8.78 Å². The molecule has 2 aliphatic rings. The summed E-state index contributed by atoms with van der Waals surface area (Å²) in [7, 11) is 0. The molecule has 5 rings (SSSR count).